The van der Waals surface area contributed by atoms with E-state index in [2.05, 4.69) is 10.4 Å². The van der Waals surface area contributed by atoms with Crippen LogP contribution >= 0.6 is 0 Å². The molecule has 0 saturated carbocycles. The van der Waals surface area contributed by atoms with Crippen LogP contribution < -0.4 is 20.5 Å². The van der Waals surface area contributed by atoms with Crippen LogP contribution in [0, 0.1) is 10.1 Å². The summed E-state index contributed by atoms with van der Waals surface area (Å²) >= 11 is 0. The maximum atomic E-state index is 13.4. The third-order valence-corrected chi connectivity index (χ3v) is 5.63. The number of anilines is 2. The minimum atomic E-state index is -0.528. The van der Waals surface area contributed by atoms with Crippen molar-refractivity contribution in [3.63, 3.8) is 0 Å². The van der Waals surface area contributed by atoms with Gasteiger partial charge in [0.15, 0.2) is 0 Å². The monoisotopic (exact) mass is 465 g/mol. The molecule has 2 N–H and O–H groups in total. The van der Waals surface area contributed by atoms with Gasteiger partial charge in [-0.3, -0.25) is 14.9 Å². The van der Waals surface area contributed by atoms with Gasteiger partial charge in [-0.05, 0) is 50.6 Å². The molecule has 1 fully saturated rings. The van der Waals surface area contributed by atoms with Crippen LogP contribution in [0.3, 0.4) is 0 Å². The predicted molar refractivity (Wildman–Crippen MR) is 130 cm³/mol. The number of hydrogen-bond acceptors (Lipinski definition) is 8. The van der Waals surface area contributed by atoms with Gasteiger partial charge in [-0.15, -0.1) is 0 Å². The number of aliphatic hydroxyl groups is 1. The Hall–Kier alpha value is -3.92. The molecule has 4 rings (SSSR count). The van der Waals surface area contributed by atoms with Gasteiger partial charge >= 0.3 is 0 Å². The number of rotatable bonds is 7. The van der Waals surface area contributed by atoms with Crippen LogP contribution in [0.15, 0.2) is 53.3 Å². The fourth-order valence-electron chi connectivity index (χ4n) is 4.00. The molecule has 1 aliphatic heterocycles. The van der Waals surface area contributed by atoms with Crippen LogP contribution in [0.25, 0.3) is 16.9 Å². The highest BCUT2D eigenvalue weighted by Crippen LogP contribution is 2.30. The first-order valence-corrected chi connectivity index (χ1v) is 11.0. The summed E-state index contributed by atoms with van der Waals surface area (Å²) < 4.78 is 6.39. The lowest BCUT2D eigenvalue weighted by atomic mass is 10.1. The molecule has 0 amide bonds. The molecule has 2 aromatic carbocycles. The summed E-state index contributed by atoms with van der Waals surface area (Å²) in [5, 5.41) is 29.4. The number of aromatic nitrogens is 2. The second kappa shape index (κ2) is 9.52. The van der Waals surface area contributed by atoms with Gasteiger partial charge in [0.1, 0.15) is 17.1 Å². The van der Waals surface area contributed by atoms with Crippen LogP contribution in [0.1, 0.15) is 20.3 Å². The second-order valence-corrected chi connectivity index (χ2v) is 8.51. The van der Waals surface area contributed by atoms with E-state index in [0.29, 0.717) is 42.2 Å². The number of methoxy groups -OCH3 is 1. The molecule has 178 valence electrons. The van der Waals surface area contributed by atoms with Crippen LogP contribution in [-0.2, 0) is 0 Å². The molecular formula is C24H27N5O5. The lowest BCUT2D eigenvalue weighted by Crippen LogP contribution is -2.28. The largest absolute Gasteiger partial charge is 0.497 e. The van der Waals surface area contributed by atoms with E-state index in [1.807, 2.05) is 30.9 Å². The van der Waals surface area contributed by atoms with Crippen LogP contribution in [0.4, 0.5) is 17.1 Å². The quantitative estimate of drug-likeness (QED) is 0.403. The molecule has 10 nitrogen and oxygen atoms in total. The summed E-state index contributed by atoms with van der Waals surface area (Å²) in [5.74, 6) is 0.621. The highest BCUT2D eigenvalue weighted by atomic mass is 16.6. The summed E-state index contributed by atoms with van der Waals surface area (Å²) in [4.78, 5) is 26.7. The van der Waals surface area contributed by atoms with Gasteiger partial charge in [0.2, 0.25) is 0 Å². The molecule has 2 heterocycles. The van der Waals surface area contributed by atoms with Gasteiger partial charge < -0.3 is 20.1 Å². The minimum absolute atomic E-state index is 0.0471. The number of nitro benzene ring substituents is 1. The first-order chi connectivity index (χ1) is 16.3. The van der Waals surface area contributed by atoms with Crippen molar-refractivity contribution in [2.24, 2.45) is 0 Å². The van der Waals surface area contributed by atoms with E-state index in [1.54, 1.807) is 37.4 Å². The summed E-state index contributed by atoms with van der Waals surface area (Å²) in [6, 6.07) is 13.4. The predicted octanol–water partition coefficient (Wildman–Crippen LogP) is 3.21. The number of nitro groups is 1. The highest BCUT2D eigenvalue weighted by molar-refractivity contribution is 5.67. The number of nitrogens with one attached hydrogen (secondary N) is 1. The topological polar surface area (TPSA) is 123 Å². The first kappa shape index (κ1) is 23.2. The van der Waals surface area contributed by atoms with E-state index in [4.69, 9.17) is 4.74 Å². The van der Waals surface area contributed by atoms with Gasteiger partial charge in [0, 0.05) is 36.4 Å². The zero-order valence-electron chi connectivity index (χ0n) is 19.3. The van der Waals surface area contributed by atoms with E-state index in [9.17, 15) is 20.0 Å². The molecule has 1 saturated heterocycles. The zero-order valence-corrected chi connectivity index (χ0v) is 19.3. The Balaban J connectivity index is 1.93. The van der Waals surface area contributed by atoms with Crippen LogP contribution in [-0.4, -0.2) is 52.2 Å². The molecule has 1 aromatic heterocycles. The lowest BCUT2D eigenvalue weighted by molar-refractivity contribution is -0.384. The standard InChI is InChI=1S/C24H27N5O5/c1-15(2)25-21-13-20(16-5-4-6-19(11-16)34-3)26-28(24(21)31)23-12-17(7-8-22(23)29(32)33)27-10-9-18(30)14-27/h4-8,11-13,15,18,25,30H,9-10,14H2,1-3H3/t18-/m0/s1. The number of hydrogen-bond donors (Lipinski definition) is 2. The van der Waals surface area contributed by atoms with E-state index in [-0.39, 0.29) is 23.1 Å². The molecule has 34 heavy (non-hydrogen) atoms. The average molecular weight is 466 g/mol. The Morgan fingerprint density at radius 1 is 1.24 bits per heavy atom. The molecule has 1 aliphatic rings. The maximum absolute atomic E-state index is 13.4. The molecule has 10 heteroatoms. The Bertz CT molecular complexity index is 1270. The van der Waals surface area contributed by atoms with Crippen molar-refractivity contribution in [2.45, 2.75) is 32.4 Å². The van der Waals surface area contributed by atoms with Crippen LogP contribution in [0.5, 0.6) is 5.75 Å². The van der Waals surface area contributed by atoms with Gasteiger partial charge in [0.25, 0.3) is 11.2 Å². The molecule has 0 radical (unpaired) electrons. The Morgan fingerprint density at radius 3 is 2.68 bits per heavy atom. The molecular weight excluding hydrogens is 438 g/mol. The number of nitrogens with zero attached hydrogens (tertiary/aromatic N) is 4. The fraction of sp³-hybridized carbons (Fsp3) is 0.333. The summed E-state index contributed by atoms with van der Waals surface area (Å²) in [6.45, 7) is 4.84. The van der Waals surface area contributed by atoms with Gasteiger partial charge in [0.05, 0.1) is 23.8 Å². The molecule has 0 unspecified atom stereocenters. The van der Waals surface area contributed by atoms with Gasteiger partial charge in [-0.25, -0.2) is 0 Å². The zero-order chi connectivity index (χ0) is 24.4. The maximum Gasteiger partial charge on any atom is 0.295 e. The molecule has 0 spiro atoms. The number of benzene rings is 2. The number of aliphatic hydroxyl groups excluding tert-OH is 1. The Kier molecular flexibility index (Phi) is 6.51. The SMILES string of the molecule is COc1cccc(-c2cc(NC(C)C)c(=O)n(-c3cc(N4CC[C@H](O)C4)ccc3[N+](=O)[O-])n2)c1. The summed E-state index contributed by atoms with van der Waals surface area (Å²) in [6.07, 6.45) is 0.149. The lowest BCUT2D eigenvalue weighted by Gasteiger charge is -2.19. The highest BCUT2D eigenvalue weighted by Gasteiger charge is 2.25. The molecule has 3 aromatic rings. The average Bonchev–Trinajstić information content (AvgIpc) is 3.26. The third-order valence-electron chi connectivity index (χ3n) is 5.63. The van der Waals surface area contributed by atoms with E-state index in [0.717, 1.165) is 4.68 Å². The molecule has 1 atom stereocenters. The first-order valence-electron chi connectivity index (χ1n) is 11.0. The smallest absolute Gasteiger partial charge is 0.295 e. The van der Waals surface area contributed by atoms with Crippen molar-refractivity contribution in [2.75, 3.05) is 30.4 Å². The molecule has 0 aliphatic carbocycles. The Labute approximate surface area is 196 Å². The van der Waals surface area contributed by atoms with Crippen molar-refractivity contribution in [1.29, 1.82) is 0 Å². The van der Waals surface area contributed by atoms with E-state index < -0.39 is 16.6 Å². The van der Waals surface area contributed by atoms with Crippen molar-refractivity contribution in [3.8, 4) is 22.7 Å². The number of ether oxygens (including phenoxy) is 1. The Morgan fingerprint density at radius 2 is 2.03 bits per heavy atom. The van der Waals surface area contributed by atoms with Crippen molar-refractivity contribution in [1.82, 2.24) is 9.78 Å². The molecule has 0 bridgehead atoms. The van der Waals surface area contributed by atoms with E-state index >= 15 is 0 Å². The van der Waals surface area contributed by atoms with Crippen molar-refractivity contribution < 1.29 is 14.8 Å². The van der Waals surface area contributed by atoms with Gasteiger partial charge in [-0.2, -0.15) is 9.78 Å². The number of β-amino-alcohol motifs (C(OH)–C–C–N with tert-alkyl or cyclic N) is 1. The second-order valence-electron chi connectivity index (χ2n) is 8.51. The van der Waals surface area contributed by atoms with Crippen molar-refractivity contribution >= 4 is 17.1 Å². The van der Waals surface area contributed by atoms with Gasteiger partial charge in [-0.1, -0.05) is 12.1 Å². The minimum Gasteiger partial charge on any atom is -0.497 e. The fourth-order valence-corrected chi connectivity index (χ4v) is 4.00. The van der Waals surface area contributed by atoms with Crippen LogP contribution in [0.2, 0.25) is 0 Å². The van der Waals surface area contributed by atoms with E-state index in [1.165, 1.54) is 6.07 Å². The summed E-state index contributed by atoms with van der Waals surface area (Å²) in [7, 11) is 1.56. The third kappa shape index (κ3) is 4.72. The summed E-state index contributed by atoms with van der Waals surface area (Å²) in [5.41, 5.74) is 1.43. The van der Waals surface area contributed by atoms with Crippen molar-refractivity contribution in [3.05, 3.63) is 69.0 Å². The normalized spacial score (nSPS) is 15.6.